The number of hydrogen-bond donors (Lipinski definition) is 2. The van der Waals surface area contributed by atoms with E-state index in [4.69, 9.17) is 9.26 Å². The van der Waals surface area contributed by atoms with Crippen molar-refractivity contribution in [1.82, 2.24) is 19.7 Å². The molecule has 0 bridgehead atoms. The first-order valence-electron chi connectivity index (χ1n) is 11.2. The lowest BCUT2D eigenvalue weighted by Gasteiger charge is -2.24. The Morgan fingerprint density at radius 2 is 1.88 bits per heavy atom. The van der Waals surface area contributed by atoms with E-state index in [0.717, 1.165) is 37.7 Å². The summed E-state index contributed by atoms with van der Waals surface area (Å²) in [6.45, 7) is 0. The summed E-state index contributed by atoms with van der Waals surface area (Å²) >= 11 is 0. The van der Waals surface area contributed by atoms with Crippen molar-refractivity contribution in [3.05, 3.63) is 65.8 Å². The maximum atomic E-state index is 13.5. The van der Waals surface area contributed by atoms with E-state index >= 15 is 0 Å². The Morgan fingerprint density at radius 1 is 1.06 bits per heavy atom. The van der Waals surface area contributed by atoms with Crippen LogP contribution in [0.4, 0.5) is 0 Å². The van der Waals surface area contributed by atoms with Gasteiger partial charge in [0.25, 0.3) is 0 Å². The number of carbonyl (C=O) groups excluding carboxylic acids is 1. The molecule has 0 atom stereocenters. The third-order valence-electron chi connectivity index (χ3n) is 6.29. The molecule has 1 saturated carbocycles. The molecule has 9 nitrogen and oxygen atoms in total. The number of hydrogen-bond acceptors (Lipinski definition) is 8. The molecule has 1 fully saturated rings. The number of rotatable bonds is 6. The summed E-state index contributed by atoms with van der Waals surface area (Å²) in [5, 5.41) is 25.8. The lowest BCUT2D eigenvalue weighted by atomic mass is 9.84. The molecule has 0 unspecified atom stereocenters. The smallest absolute Gasteiger partial charge is 0.241 e. The first-order valence-corrected chi connectivity index (χ1v) is 11.2. The highest BCUT2D eigenvalue weighted by molar-refractivity contribution is 6.12. The van der Waals surface area contributed by atoms with E-state index in [-0.39, 0.29) is 11.5 Å². The Bertz CT molecular complexity index is 1290. The summed E-state index contributed by atoms with van der Waals surface area (Å²) in [6, 6.07) is 8.43. The largest absolute Gasteiger partial charge is 0.503 e. The van der Waals surface area contributed by atoms with Crippen molar-refractivity contribution in [3.63, 3.8) is 0 Å². The zero-order valence-electron chi connectivity index (χ0n) is 18.6. The molecule has 5 rings (SSSR count). The van der Waals surface area contributed by atoms with E-state index in [9.17, 15) is 15.0 Å². The van der Waals surface area contributed by atoms with Gasteiger partial charge in [0.1, 0.15) is 17.8 Å². The predicted octanol–water partition coefficient (Wildman–Crippen LogP) is 4.62. The van der Waals surface area contributed by atoms with Crippen LogP contribution in [0.5, 0.6) is 17.5 Å². The lowest BCUT2D eigenvalue weighted by Crippen LogP contribution is -2.15. The van der Waals surface area contributed by atoms with Crippen molar-refractivity contribution in [3.8, 4) is 34.6 Å². The fraction of sp³-hybridized carbons (Fsp3) is 0.280. The number of ketones is 1. The molecule has 0 aliphatic heterocycles. The predicted molar refractivity (Wildman–Crippen MR) is 122 cm³/mol. The molecule has 0 amide bonds. The summed E-state index contributed by atoms with van der Waals surface area (Å²) in [5.41, 5.74) is 2.32. The van der Waals surface area contributed by atoms with Crippen LogP contribution in [-0.4, -0.2) is 42.8 Å². The number of aromatic hydroxyl groups is 2. The van der Waals surface area contributed by atoms with E-state index in [1.165, 1.54) is 24.1 Å². The standard InChI is InChI=1S/C25H24N4O5/c1-33-20-10-8-17(14-27-20)23(30)21-22(15-5-3-2-4-6-15)29(25(32)24(21)31)19-9-7-16(13-26-19)18-11-12-34-28-18/h7-15,31-32H,2-6H2,1H3. The highest BCUT2D eigenvalue weighted by atomic mass is 16.5. The maximum Gasteiger partial charge on any atom is 0.241 e. The summed E-state index contributed by atoms with van der Waals surface area (Å²) in [7, 11) is 1.50. The van der Waals surface area contributed by atoms with Crippen LogP contribution < -0.4 is 4.74 Å². The van der Waals surface area contributed by atoms with Gasteiger partial charge in [0, 0.05) is 47.3 Å². The first-order chi connectivity index (χ1) is 16.6. The van der Waals surface area contributed by atoms with Gasteiger partial charge in [-0.05, 0) is 31.0 Å². The minimum Gasteiger partial charge on any atom is -0.503 e. The number of nitrogens with zero attached hydrogens (tertiary/aromatic N) is 4. The topological polar surface area (TPSA) is 124 Å². The zero-order chi connectivity index (χ0) is 23.7. The zero-order valence-corrected chi connectivity index (χ0v) is 18.6. The number of ether oxygens (including phenoxy) is 1. The summed E-state index contributed by atoms with van der Waals surface area (Å²) in [4.78, 5) is 22.1. The molecule has 4 aromatic rings. The molecule has 0 spiro atoms. The summed E-state index contributed by atoms with van der Waals surface area (Å²) in [6.07, 6.45) is 9.33. The fourth-order valence-electron chi connectivity index (χ4n) is 4.59. The van der Waals surface area contributed by atoms with Crippen LogP contribution in [0.2, 0.25) is 0 Å². The Morgan fingerprint density at radius 3 is 2.50 bits per heavy atom. The van der Waals surface area contributed by atoms with E-state index in [1.807, 2.05) is 0 Å². The SMILES string of the molecule is COc1ccc(C(=O)c2c(O)c(O)n(-c3ccc(-c4ccon4)cn3)c2C2CCCCC2)cn1. The van der Waals surface area contributed by atoms with Crippen LogP contribution in [-0.2, 0) is 0 Å². The Balaban J connectivity index is 1.63. The van der Waals surface area contributed by atoms with E-state index in [2.05, 4.69) is 15.1 Å². The third kappa shape index (κ3) is 3.79. The number of aromatic nitrogens is 4. The van der Waals surface area contributed by atoms with Gasteiger partial charge in [-0.2, -0.15) is 0 Å². The Hall–Kier alpha value is -4.14. The normalized spacial score (nSPS) is 14.3. The van der Waals surface area contributed by atoms with Crippen molar-refractivity contribution in [1.29, 1.82) is 0 Å². The Kier molecular flexibility index (Phi) is 5.75. The first kappa shape index (κ1) is 21.7. The minimum atomic E-state index is -0.455. The molecular formula is C25H24N4O5. The van der Waals surface area contributed by atoms with Crippen LogP contribution >= 0.6 is 0 Å². The second kappa shape index (κ2) is 9.01. The van der Waals surface area contributed by atoms with Crippen LogP contribution in [0.15, 0.2) is 53.5 Å². The Labute approximate surface area is 195 Å². The van der Waals surface area contributed by atoms with Gasteiger partial charge < -0.3 is 19.5 Å². The molecule has 0 aromatic carbocycles. The minimum absolute atomic E-state index is 0.0114. The van der Waals surface area contributed by atoms with E-state index in [0.29, 0.717) is 28.6 Å². The van der Waals surface area contributed by atoms with Crippen LogP contribution in [0.1, 0.15) is 59.6 Å². The van der Waals surface area contributed by atoms with Gasteiger partial charge in [0.15, 0.2) is 11.5 Å². The van der Waals surface area contributed by atoms with Crippen molar-refractivity contribution in [2.24, 2.45) is 0 Å². The molecule has 1 aliphatic rings. The van der Waals surface area contributed by atoms with Gasteiger partial charge in [0.05, 0.1) is 12.7 Å². The molecule has 1 aliphatic carbocycles. The lowest BCUT2D eigenvalue weighted by molar-refractivity contribution is 0.103. The van der Waals surface area contributed by atoms with Gasteiger partial charge >= 0.3 is 0 Å². The molecule has 9 heteroatoms. The van der Waals surface area contributed by atoms with Gasteiger partial charge in [-0.1, -0.05) is 24.4 Å². The van der Waals surface area contributed by atoms with Gasteiger partial charge in [0.2, 0.25) is 11.8 Å². The molecule has 34 heavy (non-hydrogen) atoms. The van der Waals surface area contributed by atoms with Crippen molar-refractivity contribution < 1.29 is 24.3 Å². The van der Waals surface area contributed by atoms with Gasteiger partial charge in [-0.15, -0.1) is 0 Å². The average molecular weight is 460 g/mol. The molecule has 0 radical (unpaired) electrons. The number of carbonyl (C=O) groups is 1. The number of pyridine rings is 2. The third-order valence-corrected chi connectivity index (χ3v) is 6.29. The van der Waals surface area contributed by atoms with Crippen LogP contribution in [0.25, 0.3) is 17.1 Å². The van der Waals surface area contributed by atoms with Gasteiger partial charge in [-0.3, -0.25) is 9.36 Å². The number of methoxy groups -OCH3 is 1. The fourth-order valence-corrected chi connectivity index (χ4v) is 4.59. The summed E-state index contributed by atoms with van der Waals surface area (Å²) in [5.74, 6) is -0.516. The monoisotopic (exact) mass is 460 g/mol. The molecule has 174 valence electrons. The van der Waals surface area contributed by atoms with Gasteiger partial charge in [-0.25, -0.2) is 9.97 Å². The molecule has 2 N–H and O–H groups in total. The second-order valence-electron chi connectivity index (χ2n) is 8.31. The molecular weight excluding hydrogens is 436 g/mol. The quantitative estimate of drug-likeness (QED) is 0.400. The van der Waals surface area contributed by atoms with Crippen LogP contribution in [0, 0.1) is 0 Å². The summed E-state index contributed by atoms with van der Waals surface area (Å²) < 4.78 is 11.5. The van der Waals surface area contributed by atoms with Crippen molar-refractivity contribution >= 4 is 5.78 Å². The van der Waals surface area contributed by atoms with Crippen molar-refractivity contribution in [2.45, 2.75) is 38.0 Å². The van der Waals surface area contributed by atoms with E-state index in [1.54, 1.807) is 36.5 Å². The molecule has 4 aromatic heterocycles. The highest BCUT2D eigenvalue weighted by Crippen LogP contribution is 2.45. The maximum absolute atomic E-state index is 13.5. The van der Waals surface area contributed by atoms with Crippen molar-refractivity contribution in [2.75, 3.05) is 7.11 Å². The second-order valence-corrected chi connectivity index (χ2v) is 8.31. The van der Waals surface area contributed by atoms with Crippen LogP contribution in [0.3, 0.4) is 0 Å². The molecule has 0 saturated heterocycles. The molecule has 4 heterocycles. The highest BCUT2D eigenvalue weighted by Gasteiger charge is 2.34. The average Bonchev–Trinajstić information content (AvgIpc) is 3.52. The van der Waals surface area contributed by atoms with E-state index < -0.39 is 17.4 Å².